The Morgan fingerprint density at radius 1 is 1.06 bits per heavy atom. The molecule has 1 aromatic carbocycles. The van der Waals surface area contributed by atoms with Crippen molar-refractivity contribution in [3.8, 4) is 5.88 Å². The number of carbonyl (C=O) groups is 1. The molecule has 0 unspecified atom stereocenters. The van der Waals surface area contributed by atoms with Crippen LogP contribution in [-0.2, 0) is 0 Å². The summed E-state index contributed by atoms with van der Waals surface area (Å²) >= 11 is 0. The van der Waals surface area contributed by atoms with E-state index in [2.05, 4.69) is 30.9 Å². The van der Waals surface area contributed by atoms with Gasteiger partial charge in [-0.2, -0.15) is 4.98 Å². The lowest BCUT2D eigenvalue weighted by Crippen LogP contribution is -2.14. The molecular weight excluding hydrogens is 404 g/mol. The fraction of sp³-hybridized carbons (Fsp3) is 0.333. The van der Waals surface area contributed by atoms with Crippen LogP contribution in [0.15, 0.2) is 48.7 Å². The predicted octanol–water partition coefficient (Wildman–Crippen LogP) is 4.93. The zero-order valence-electron chi connectivity index (χ0n) is 18.4. The molecule has 0 spiro atoms. The molecule has 32 heavy (non-hydrogen) atoms. The lowest BCUT2D eigenvalue weighted by atomic mass is 10.2. The van der Waals surface area contributed by atoms with Crippen molar-refractivity contribution in [3.63, 3.8) is 0 Å². The Morgan fingerprint density at radius 2 is 1.81 bits per heavy atom. The molecule has 2 aromatic heterocycles. The number of aryl methyl sites for hydroxylation is 1. The van der Waals surface area contributed by atoms with Crippen LogP contribution in [0.4, 0.5) is 23.1 Å². The van der Waals surface area contributed by atoms with Crippen LogP contribution in [0.1, 0.15) is 48.7 Å². The average Bonchev–Trinajstić information content (AvgIpc) is 3.28. The number of nitrogens with zero attached hydrogens (tertiary/aromatic N) is 3. The van der Waals surface area contributed by atoms with Crippen LogP contribution in [-0.4, -0.2) is 33.5 Å². The van der Waals surface area contributed by atoms with Gasteiger partial charge in [0.25, 0.3) is 5.91 Å². The summed E-state index contributed by atoms with van der Waals surface area (Å²) in [7, 11) is 0. The summed E-state index contributed by atoms with van der Waals surface area (Å²) in [4.78, 5) is 25.6. The third-order valence-electron chi connectivity index (χ3n) is 5.19. The number of amides is 1. The normalized spacial score (nSPS) is 13.6. The molecule has 0 bridgehead atoms. The number of benzene rings is 1. The van der Waals surface area contributed by atoms with Crippen LogP contribution < -0.4 is 20.7 Å². The fourth-order valence-corrected chi connectivity index (χ4v) is 3.62. The lowest BCUT2D eigenvalue weighted by molar-refractivity contribution is 0.102. The van der Waals surface area contributed by atoms with Crippen molar-refractivity contribution in [2.24, 2.45) is 0 Å². The Bertz CT molecular complexity index is 1050. The second-order valence-electron chi connectivity index (χ2n) is 7.81. The molecule has 3 aromatic rings. The van der Waals surface area contributed by atoms with Crippen molar-refractivity contribution in [2.75, 3.05) is 22.5 Å². The first kappa shape index (κ1) is 21.5. The van der Waals surface area contributed by atoms with E-state index in [0.717, 1.165) is 30.8 Å². The fourth-order valence-electron chi connectivity index (χ4n) is 3.62. The Hall–Kier alpha value is -3.68. The Balaban J connectivity index is 1.34. The van der Waals surface area contributed by atoms with Gasteiger partial charge in [-0.3, -0.25) is 4.79 Å². The summed E-state index contributed by atoms with van der Waals surface area (Å²) in [6, 6.07) is 12.8. The maximum Gasteiger partial charge on any atom is 0.257 e. The SMILES string of the molecule is CCNc1nc(C)cc(Nc2ccc(NC(=O)c3ccc(OC4CCCC4)nc3)cc2)n1. The molecule has 3 N–H and O–H groups in total. The van der Waals surface area contributed by atoms with E-state index in [1.54, 1.807) is 18.3 Å². The van der Waals surface area contributed by atoms with E-state index in [-0.39, 0.29) is 12.0 Å². The smallest absolute Gasteiger partial charge is 0.257 e. The number of anilines is 4. The van der Waals surface area contributed by atoms with E-state index in [0.29, 0.717) is 28.9 Å². The second-order valence-corrected chi connectivity index (χ2v) is 7.81. The first-order chi connectivity index (χ1) is 15.6. The van der Waals surface area contributed by atoms with Gasteiger partial charge in [-0.1, -0.05) is 0 Å². The first-order valence-corrected chi connectivity index (χ1v) is 11.0. The van der Waals surface area contributed by atoms with Gasteiger partial charge in [-0.25, -0.2) is 9.97 Å². The molecule has 0 atom stereocenters. The number of ether oxygens (including phenoxy) is 1. The highest BCUT2D eigenvalue weighted by molar-refractivity contribution is 6.04. The molecule has 0 aliphatic heterocycles. The van der Waals surface area contributed by atoms with Crippen molar-refractivity contribution < 1.29 is 9.53 Å². The molecule has 8 heteroatoms. The molecular formula is C24H28N6O2. The maximum absolute atomic E-state index is 12.6. The number of rotatable bonds is 8. The monoisotopic (exact) mass is 432 g/mol. The third-order valence-corrected chi connectivity index (χ3v) is 5.19. The van der Waals surface area contributed by atoms with E-state index >= 15 is 0 Å². The minimum Gasteiger partial charge on any atom is -0.474 e. The van der Waals surface area contributed by atoms with E-state index < -0.39 is 0 Å². The first-order valence-electron chi connectivity index (χ1n) is 11.0. The number of carbonyl (C=O) groups excluding carboxylic acids is 1. The van der Waals surface area contributed by atoms with Crippen molar-refractivity contribution in [1.82, 2.24) is 15.0 Å². The van der Waals surface area contributed by atoms with Gasteiger partial charge in [-0.15, -0.1) is 0 Å². The van der Waals surface area contributed by atoms with Gasteiger partial charge >= 0.3 is 0 Å². The van der Waals surface area contributed by atoms with Gasteiger partial charge < -0.3 is 20.7 Å². The minimum atomic E-state index is -0.215. The van der Waals surface area contributed by atoms with Crippen LogP contribution in [0, 0.1) is 6.92 Å². The summed E-state index contributed by atoms with van der Waals surface area (Å²) in [6.07, 6.45) is 6.35. The molecule has 1 fully saturated rings. The number of pyridine rings is 1. The number of aromatic nitrogens is 3. The molecule has 1 aliphatic carbocycles. The van der Waals surface area contributed by atoms with Gasteiger partial charge in [0, 0.05) is 41.9 Å². The number of hydrogen-bond acceptors (Lipinski definition) is 7. The second kappa shape index (κ2) is 10.1. The third kappa shape index (κ3) is 5.72. The Morgan fingerprint density at radius 3 is 2.50 bits per heavy atom. The molecule has 1 aliphatic rings. The highest BCUT2D eigenvalue weighted by atomic mass is 16.5. The van der Waals surface area contributed by atoms with Crippen molar-refractivity contribution >= 4 is 29.0 Å². The molecule has 0 saturated heterocycles. The van der Waals surface area contributed by atoms with Crippen molar-refractivity contribution in [1.29, 1.82) is 0 Å². The molecule has 0 radical (unpaired) electrons. The van der Waals surface area contributed by atoms with Crippen molar-refractivity contribution in [2.45, 2.75) is 45.6 Å². The average molecular weight is 433 g/mol. The molecule has 1 saturated carbocycles. The summed E-state index contributed by atoms with van der Waals surface area (Å²) in [5.41, 5.74) is 2.91. The van der Waals surface area contributed by atoms with E-state index in [1.807, 2.05) is 44.2 Å². The van der Waals surface area contributed by atoms with Crippen LogP contribution in [0.5, 0.6) is 5.88 Å². The molecule has 166 valence electrons. The Kier molecular flexibility index (Phi) is 6.79. The summed E-state index contributed by atoms with van der Waals surface area (Å²) in [5.74, 6) is 1.65. The zero-order valence-corrected chi connectivity index (χ0v) is 18.4. The molecule has 8 nitrogen and oxygen atoms in total. The quantitative estimate of drug-likeness (QED) is 0.464. The van der Waals surface area contributed by atoms with Crippen LogP contribution in [0.2, 0.25) is 0 Å². The zero-order chi connectivity index (χ0) is 22.3. The summed E-state index contributed by atoms with van der Waals surface area (Å²) in [5, 5.41) is 9.28. The molecule has 2 heterocycles. The minimum absolute atomic E-state index is 0.215. The highest BCUT2D eigenvalue weighted by Gasteiger charge is 2.17. The lowest BCUT2D eigenvalue weighted by Gasteiger charge is -2.12. The predicted molar refractivity (Wildman–Crippen MR) is 126 cm³/mol. The van der Waals surface area contributed by atoms with E-state index in [4.69, 9.17) is 4.74 Å². The van der Waals surface area contributed by atoms with Crippen molar-refractivity contribution in [3.05, 3.63) is 59.9 Å². The number of nitrogens with one attached hydrogen (secondary N) is 3. The number of hydrogen-bond donors (Lipinski definition) is 3. The molecule has 4 rings (SSSR count). The van der Waals surface area contributed by atoms with E-state index in [1.165, 1.54) is 12.8 Å². The molecule has 1 amide bonds. The highest BCUT2D eigenvalue weighted by Crippen LogP contribution is 2.23. The topological polar surface area (TPSA) is 101 Å². The Labute approximate surface area is 187 Å². The van der Waals surface area contributed by atoms with Gasteiger partial charge in [-0.05, 0) is 69.9 Å². The largest absolute Gasteiger partial charge is 0.474 e. The van der Waals surface area contributed by atoms with Crippen LogP contribution in [0.3, 0.4) is 0 Å². The standard InChI is InChI=1S/C24H28N6O2/c1-3-25-24-27-16(2)14-21(30-24)28-18-9-11-19(12-10-18)29-23(31)17-8-13-22(26-15-17)32-20-6-4-5-7-20/h8-15,20H,3-7H2,1-2H3,(H,29,31)(H2,25,27,28,30). The van der Waals surface area contributed by atoms with E-state index in [9.17, 15) is 4.79 Å². The van der Waals surface area contributed by atoms with Gasteiger partial charge in [0.05, 0.1) is 5.56 Å². The van der Waals surface area contributed by atoms with Gasteiger partial charge in [0.15, 0.2) is 0 Å². The van der Waals surface area contributed by atoms with Gasteiger partial charge in [0.1, 0.15) is 11.9 Å². The maximum atomic E-state index is 12.6. The van der Waals surface area contributed by atoms with Crippen LogP contribution in [0.25, 0.3) is 0 Å². The van der Waals surface area contributed by atoms with Crippen LogP contribution >= 0.6 is 0 Å². The van der Waals surface area contributed by atoms with Gasteiger partial charge in [0.2, 0.25) is 11.8 Å². The summed E-state index contributed by atoms with van der Waals surface area (Å²) < 4.78 is 5.86. The summed E-state index contributed by atoms with van der Waals surface area (Å²) in [6.45, 7) is 4.68.